The number of fused-ring (bicyclic) bond motifs is 6. The second kappa shape index (κ2) is 9.57. The van der Waals surface area contributed by atoms with Crippen LogP contribution < -0.4 is 4.90 Å². The first-order chi connectivity index (χ1) is 23.1. The first-order valence-corrected chi connectivity index (χ1v) is 16.5. The third kappa shape index (κ3) is 3.61. The Balaban J connectivity index is 1.24. The lowest BCUT2D eigenvalue weighted by Gasteiger charge is -2.26. The number of hydrogen-bond donors (Lipinski definition) is 0. The molecule has 1 aliphatic heterocycles. The minimum absolute atomic E-state index is 0.0659. The summed E-state index contributed by atoms with van der Waals surface area (Å²) in [4.78, 5) is 2.38. The molecule has 0 atom stereocenters. The number of rotatable bonds is 4. The molecule has 47 heavy (non-hydrogen) atoms. The lowest BCUT2D eigenvalue weighted by molar-refractivity contribution is 0.661. The van der Waals surface area contributed by atoms with Crippen molar-refractivity contribution in [1.29, 1.82) is 0 Å². The van der Waals surface area contributed by atoms with Crippen LogP contribution in [0, 0.1) is 0 Å². The SMILES string of the molecule is CC1(C)c2cccc3c2-c2c1ccc1c4cc(N(c5ccccc5)c5ccc(-c6ccccc6)cc5)ccc4n(c21)-c1ccccc1-3. The predicted molar refractivity (Wildman–Crippen MR) is 197 cm³/mol. The minimum Gasteiger partial charge on any atom is -0.310 e. The summed E-state index contributed by atoms with van der Waals surface area (Å²) in [6.07, 6.45) is 0. The maximum Gasteiger partial charge on any atom is 0.0623 e. The Morgan fingerprint density at radius 3 is 1.91 bits per heavy atom. The Hall–Kier alpha value is -5.86. The Morgan fingerprint density at radius 2 is 1.11 bits per heavy atom. The molecule has 222 valence electrons. The Labute approximate surface area is 274 Å². The quantitative estimate of drug-likeness (QED) is 0.195. The average molecular weight is 601 g/mol. The van der Waals surface area contributed by atoms with Crippen LogP contribution in [0.2, 0.25) is 0 Å². The summed E-state index contributed by atoms with van der Waals surface area (Å²) < 4.78 is 2.54. The molecule has 1 aliphatic carbocycles. The highest BCUT2D eigenvalue weighted by Gasteiger charge is 2.40. The second-order valence-electron chi connectivity index (χ2n) is 13.4. The Bertz CT molecular complexity index is 2520. The van der Waals surface area contributed by atoms with Crippen molar-refractivity contribution in [3.05, 3.63) is 169 Å². The van der Waals surface area contributed by atoms with Crippen LogP contribution >= 0.6 is 0 Å². The molecule has 2 heterocycles. The van der Waals surface area contributed by atoms with Gasteiger partial charge >= 0.3 is 0 Å². The van der Waals surface area contributed by atoms with E-state index in [0.29, 0.717) is 0 Å². The monoisotopic (exact) mass is 600 g/mol. The van der Waals surface area contributed by atoms with Crippen molar-refractivity contribution in [3.63, 3.8) is 0 Å². The van der Waals surface area contributed by atoms with E-state index in [1.54, 1.807) is 0 Å². The molecule has 0 saturated carbocycles. The van der Waals surface area contributed by atoms with Gasteiger partial charge in [-0.25, -0.2) is 0 Å². The normalized spacial score (nSPS) is 13.5. The molecule has 0 fully saturated rings. The van der Waals surface area contributed by atoms with Gasteiger partial charge in [0.25, 0.3) is 0 Å². The molecular formula is C45H32N2. The first-order valence-electron chi connectivity index (χ1n) is 16.5. The molecule has 7 aromatic carbocycles. The number of para-hydroxylation sites is 2. The van der Waals surface area contributed by atoms with E-state index in [1.165, 1.54) is 72.0 Å². The van der Waals surface area contributed by atoms with E-state index in [0.717, 1.165) is 17.1 Å². The van der Waals surface area contributed by atoms with E-state index in [-0.39, 0.29) is 5.41 Å². The molecular weight excluding hydrogens is 569 g/mol. The van der Waals surface area contributed by atoms with Crippen LogP contribution in [0.1, 0.15) is 25.0 Å². The van der Waals surface area contributed by atoms with Gasteiger partial charge in [0.05, 0.1) is 16.7 Å². The van der Waals surface area contributed by atoms with Crippen LogP contribution in [0.25, 0.3) is 60.9 Å². The number of aromatic nitrogens is 1. The lowest BCUT2D eigenvalue weighted by atomic mass is 9.81. The number of benzene rings is 7. The third-order valence-corrected chi connectivity index (χ3v) is 10.5. The molecule has 0 amide bonds. The zero-order chi connectivity index (χ0) is 31.3. The predicted octanol–water partition coefficient (Wildman–Crippen LogP) is 12.2. The van der Waals surface area contributed by atoms with Crippen molar-refractivity contribution >= 4 is 38.9 Å². The van der Waals surface area contributed by atoms with Gasteiger partial charge in [-0.3, -0.25) is 0 Å². The van der Waals surface area contributed by atoms with Crippen LogP contribution in [-0.2, 0) is 5.41 Å². The summed E-state index contributed by atoms with van der Waals surface area (Å²) in [6.45, 7) is 4.76. The lowest BCUT2D eigenvalue weighted by Crippen LogP contribution is -2.15. The van der Waals surface area contributed by atoms with Gasteiger partial charge in [0.1, 0.15) is 0 Å². The molecule has 10 rings (SSSR count). The van der Waals surface area contributed by atoms with Gasteiger partial charge in [0.2, 0.25) is 0 Å². The molecule has 0 saturated heterocycles. The van der Waals surface area contributed by atoms with Gasteiger partial charge in [-0.2, -0.15) is 0 Å². The van der Waals surface area contributed by atoms with E-state index < -0.39 is 0 Å². The largest absolute Gasteiger partial charge is 0.310 e. The van der Waals surface area contributed by atoms with Crippen LogP contribution in [0.3, 0.4) is 0 Å². The van der Waals surface area contributed by atoms with Crippen molar-refractivity contribution in [2.24, 2.45) is 0 Å². The van der Waals surface area contributed by atoms with Crippen molar-refractivity contribution in [2.45, 2.75) is 19.3 Å². The summed E-state index contributed by atoms with van der Waals surface area (Å²) in [5.41, 5.74) is 17.8. The van der Waals surface area contributed by atoms with E-state index in [2.05, 4.69) is 181 Å². The molecule has 0 N–H and O–H groups in total. The average Bonchev–Trinajstić information content (AvgIpc) is 3.52. The fourth-order valence-electron chi connectivity index (χ4n) is 8.33. The number of anilines is 3. The van der Waals surface area contributed by atoms with Crippen LogP contribution in [0.4, 0.5) is 17.1 Å². The van der Waals surface area contributed by atoms with E-state index in [9.17, 15) is 0 Å². The summed E-state index contributed by atoms with van der Waals surface area (Å²) in [5.74, 6) is 0. The van der Waals surface area contributed by atoms with Crippen LogP contribution in [0.15, 0.2) is 158 Å². The van der Waals surface area contributed by atoms with E-state index >= 15 is 0 Å². The summed E-state index contributed by atoms with van der Waals surface area (Å²) in [6, 6.07) is 57.9. The molecule has 2 heteroatoms. The van der Waals surface area contributed by atoms with Gasteiger partial charge in [0.15, 0.2) is 0 Å². The molecule has 2 aliphatic rings. The summed E-state index contributed by atoms with van der Waals surface area (Å²) in [7, 11) is 0. The molecule has 0 unspecified atom stereocenters. The highest BCUT2D eigenvalue weighted by atomic mass is 15.1. The topological polar surface area (TPSA) is 8.17 Å². The number of nitrogens with zero attached hydrogens (tertiary/aromatic N) is 2. The van der Waals surface area contributed by atoms with Crippen molar-refractivity contribution in [1.82, 2.24) is 4.57 Å². The molecule has 0 bridgehead atoms. The molecule has 0 radical (unpaired) electrons. The maximum absolute atomic E-state index is 2.54. The molecule has 1 aromatic heterocycles. The van der Waals surface area contributed by atoms with E-state index in [4.69, 9.17) is 0 Å². The molecule has 0 spiro atoms. The minimum atomic E-state index is -0.0659. The smallest absolute Gasteiger partial charge is 0.0623 e. The molecule has 2 nitrogen and oxygen atoms in total. The Morgan fingerprint density at radius 1 is 0.468 bits per heavy atom. The van der Waals surface area contributed by atoms with E-state index in [1.807, 2.05) is 0 Å². The summed E-state index contributed by atoms with van der Waals surface area (Å²) >= 11 is 0. The first kappa shape index (κ1) is 26.4. The highest BCUT2D eigenvalue weighted by Crippen LogP contribution is 2.58. The van der Waals surface area contributed by atoms with Gasteiger partial charge in [-0.15, -0.1) is 0 Å². The van der Waals surface area contributed by atoms with Gasteiger partial charge < -0.3 is 9.47 Å². The molecule has 8 aromatic rings. The maximum atomic E-state index is 2.54. The van der Waals surface area contributed by atoms with Crippen LogP contribution in [0.5, 0.6) is 0 Å². The van der Waals surface area contributed by atoms with Crippen molar-refractivity contribution in [3.8, 4) is 39.1 Å². The standard InChI is InChI=1S/C45H32N2/c1-45(2)38-18-11-17-35-34-16-9-10-19-40(34)47-41-27-24-33(28-37(41)36-25-26-39(45)43(42(35)38)44(36)47)46(31-14-7-4-8-15-31)32-22-20-30(21-23-32)29-12-5-3-6-13-29/h3-28H,1-2H3. The van der Waals surface area contributed by atoms with Crippen LogP contribution in [-0.4, -0.2) is 4.57 Å². The van der Waals surface area contributed by atoms with Crippen molar-refractivity contribution in [2.75, 3.05) is 4.90 Å². The third-order valence-electron chi connectivity index (χ3n) is 10.5. The van der Waals surface area contributed by atoms with Gasteiger partial charge in [-0.1, -0.05) is 123 Å². The fraction of sp³-hybridized carbons (Fsp3) is 0.0667. The van der Waals surface area contributed by atoms with Gasteiger partial charge in [-0.05, 0) is 81.9 Å². The highest BCUT2D eigenvalue weighted by molar-refractivity contribution is 6.19. The number of hydrogen-bond acceptors (Lipinski definition) is 1. The second-order valence-corrected chi connectivity index (χ2v) is 13.4. The zero-order valence-electron chi connectivity index (χ0n) is 26.4. The fourth-order valence-corrected chi connectivity index (χ4v) is 8.33. The summed E-state index contributed by atoms with van der Waals surface area (Å²) in [5, 5.41) is 2.56. The van der Waals surface area contributed by atoms with Gasteiger partial charge in [0, 0.05) is 44.4 Å². The Kier molecular flexibility index (Phi) is 5.37. The zero-order valence-corrected chi connectivity index (χ0v) is 26.4. The van der Waals surface area contributed by atoms with Crippen molar-refractivity contribution < 1.29 is 0 Å².